The molecule has 9 nitrogen and oxygen atoms in total. The monoisotopic (exact) mass is 369 g/mol. The second kappa shape index (κ2) is 8.83. The van der Waals surface area contributed by atoms with Crippen LogP contribution in [-0.4, -0.2) is 75.5 Å². The fourth-order valence-corrected chi connectivity index (χ4v) is 2.68. The van der Waals surface area contributed by atoms with Gasteiger partial charge in [-0.05, 0) is 0 Å². The van der Waals surface area contributed by atoms with Crippen LogP contribution in [0.5, 0.6) is 0 Å². The third kappa shape index (κ3) is 9.11. The molecule has 134 valence electrons. The summed E-state index contributed by atoms with van der Waals surface area (Å²) in [6, 6.07) is 0. The minimum atomic E-state index is -3.53. The lowest BCUT2D eigenvalue weighted by Gasteiger charge is -2.27. The summed E-state index contributed by atoms with van der Waals surface area (Å²) in [6.45, 7) is 6.03. The molecule has 0 unspecified atom stereocenters. The molecule has 1 amide bonds. The number of hydrogen-bond donors (Lipinski definition) is 0. The molecule has 0 bridgehead atoms. The van der Waals surface area contributed by atoms with Crippen molar-refractivity contribution in [2.75, 3.05) is 46.2 Å². The highest BCUT2D eigenvalue weighted by atomic mass is 32.2. The van der Waals surface area contributed by atoms with Crippen LogP contribution in [0, 0.1) is 5.41 Å². The van der Waals surface area contributed by atoms with Crippen LogP contribution in [0.3, 0.4) is 0 Å². The Bertz CT molecular complexity index is 517. The van der Waals surface area contributed by atoms with Gasteiger partial charge in [0.05, 0.1) is 32.3 Å². The van der Waals surface area contributed by atoms with E-state index in [1.807, 2.05) is 4.31 Å². The number of amides is 1. The van der Waals surface area contributed by atoms with Gasteiger partial charge in [0, 0.05) is 37.7 Å². The summed E-state index contributed by atoms with van der Waals surface area (Å²) in [5.74, 6) is 0. The van der Waals surface area contributed by atoms with Crippen LogP contribution in [0.15, 0.2) is 5.16 Å². The lowest BCUT2D eigenvalue weighted by atomic mass is 9.97. The summed E-state index contributed by atoms with van der Waals surface area (Å²) >= 11 is 1.23. The number of nitrogens with zero attached hydrogens (tertiary/aromatic N) is 3. The summed E-state index contributed by atoms with van der Waals surface area (Å²) in [4.78, 5) is 16.6. The SMILES string of the molecule is CN(SN1CCOCC1)C(=O)ON=CC(C)(C)COS(C)(=O)=O. The maximum atomic E-state index is 11.8. The van der Waals surface area contributed by atoms with Crippen molar-refractivity contribution in [3.63, 3.8) is 0 Å². The summed E-state index contributed by atoms with van der Waals surface area (Å²) < 4.78 is 35.2. The van der Waals surface area contributed by atoms with E-state index in [0.717, 1.165) is 19.3 Å². The summed E-state index contributed by atoms with van der Waals surface area (Å²) in [6.07, 6.45) is 1.68. The Morgan fingerprint density at radius 3 is 2.61 bits per heavy atom. The Hall–Kier alpha value is -0.880. The predicted octanol–water partition coefficient (Wildman–Crippen LogP) is 0.938. The van der Waals surface area contributed by atoms with E-state index in [0.29, 0.717) is 13.2 Å². The summed E-state index contributed by atoms with van der Waals surface area (Å²) in [5, 5.41) is 3.61. The molecule has 1 aliphatic rings. The van der Waals surface area contributed by atoms with Crippen molar-refractivity contribution >= 4 is 34.6 Å². The number of oxime groups is 1. The highest BCUT2D eigenvalue weighted by Crippen LogP contribution is 2.17. The highest BCUT2D eigenvalue weighted by Gasteiger charge is 2.21. The van der Waals surface area contributed by atoms with Gasteiger partial charge in [-0.1, -0.05) is 19.0 Å². The molecular formula is C12H23N3O6S2. The first kappa shape index (κ1) is 20.2. The third-order valence-electron chi connectivity index (χ3n) is 2.64. The molecule has 1 heterocycles. The van der Waals surface area contributed by atoms with E-state index < -0.39 is 21.6 Å². The van der Waals surface area contributed by atoms with E-state index in [9.17, 15) is 13.2 Å². The number of carbonyl (C=O) groups is 1. The normalized spacial score (nSPS) is 17.4. The molecule has 1 rings (SSSR count). The average Bonchev–Trinajstić information content (AvgIpc) is 2.45. The number of morpholine rings is 1. The molecule has 23 heavy (non-hydrogen) atoms. The van der Waals surface area contributed by atoms with Crippen LogP contribution in [0.1, 0.15) is 13.8 Å². The summed E-state index contributed by atoms with van der Waals surface area (Å²) in [5.41, 5.74) is -0.695. The van der Waals surface area contributed by atoms with Crippen molar-refractivity contribution in [1.82, 2.24) is 8.61 Å². The van der Waals surface area contributed by atoms with Crippen molar-refractivity contribution in [2.45, 2.75) is 13.8 Å². The van der Waals surface area contributed by atoms with E-state index in [-0.39, 0.29) is 6.61 Å². The van der Waals surface area contributed by atoms with Crippen molar-refractivity contribution in [3.05, 3.63) is 0 Å². The first-order valence-electron chi connectivity index (χ1n) is 6.93. The molecule has 1 aliphatic heterocycles. The average molecular weight is 369 g/mol. The molecular weight excluding hydrogens is 346 g/mol. The minimum absolute atomic E-state index is 0.0920. The smallest absolute Gasteiger partial charge is 0.379 e. The number of hydrogen-bond acceptors (Lipinski definition) is 9. The van der Waals surface area contributed by atoms with Crippen molar-refractivity contribution in [3.8, 4) is 0 Å². The molecule has 0 radical (unpaired) electrons. The topological polar surface area (TPSA) is 97.7 Å². The Morgan fingerprint density at radius 1 is 1.43 bits per heavy atom. The fraction of sp³-hybridized carbons (Fsp3) is 0.833. The molecule has 0 atom stereocenters. The Labute approximate surface area is 141 Å². The van der Waals surface area contributed by atoms with Crippen LogP contribution in [0.2, 0.25) is 0 Å². The van der Waals surface area contributed by atoms with E-state index in [2.05, 4.69) is 5.16 Å². The van der Waals surface area contributed by atoms with Gasteiger partial charge in [-0.2, -0.15) is 8.42 Å². The Balaban J connectivity index is 2.37. The predicted molar refractivity (Wildman–Crippen MR) is 87.3 cm³/mol. The minimum Gasteiger partial charge on any atom is -0.379 e. The zero-order chi connectivity index (χ0) is 17.5. The van der Waals surface area contributed by atoms with Gasteiger partial charge in [-0.3, -0.25) is 9.02 Å². The fourth-order valence-electron chi connectivity index (χ4n) is 1.40. The Morgan fingerprint density at radius 2 is 2.04 bits per heavy atom. The van der Waals surface area contributed by atoms with Crippen LogP contribution >= 0.6 is 12.1 Å². The molecule has 0 saturated carbocycles. The van der Waals surface area contributed by atoms with E-state index in [1.54, 1.807) is 20.9 Å². The highest BCUT2D eigenvalue weighted by molar-refractivity contribution is 7.95. The van der Waals surface area contributed by atoms with Crippen LogP contribution < -0.4 is 0 Å². The lowest BCUT2D eigenvalue weighted by molar-refractivity contribution is 0.0753. The first-order valence-corrected chi connectivity index (χ1v) is 9.48. The van der Waals surface area contributed by atoms with Gasteiger partial charge in [0.15, 0.2) is 0 Å². The molecule has 0 aromatic rings. The molecule has 11 heteroatoms. The zero-order valence-electron chi connectivity index (χ0n) is 13.7. The maximum absolute atomic E-state index is 11.8. The summed E-state index contributed by atoms with van der Waals surface area (Å²) in [7, 11) is -1.95. The molecule has 0 aromatic heterocycles. The van der Waals surface area contributed by atoms with E-state index in [4.69, 9.17) is 13.8 Å². The first-order chi connectivity index (χ1) is 10.6. The lowest BCUT2D eigenvalue weighted by Crippen LogP contribution is -2.35. The Kier molecular flexibility index (Phi) is 7.74. The standard InChI is InChI=1S/C12H23N3O6S2/c1-12(2,10-20-23(4,17)18)9-13-21-11(16)14(3)22-15-5-7-19-8-6-15/h9H,5-8,10H2,1-4H3. The van der Waals surface area contributed by atoms with Gasteiger partial charge in [0.2, 0.25) is 0 Å². The maximum Gasteiger partial charge on any atom is 0.446 e. The van der Waals surface area contributed by atoms with Crippen LogP contribution in [0.4, 0.5) is 4.79 Å². The van der Waals surface area contributed by atoms with Crippen molar-refractivity contribution in [1.29, 1.82) is 0 Å². The quantitative estimate of drug-likeness (QED) is 0.215. The van der Waals surface area contributed by atoms with Gasteiger partial charge in [-0.15, -0.1) is 0 Å². The van der Waals surface area contributed by atoms with E-state index >= 15 is 0 Å². The largest absolute Gasteiger partial charge is 0.446 e. The second-order valence-electron chi connectivity index (χ2n) is 5.67. The van der Waals surface area contributed by atoms with Gasteiger partial charge >= 0.3 is 6.09 Å². The molecule has 1 saturated heterocycles. The van der Waals surface area contributed by atoms with Crippen molar-refractivity contribution in [2.24, 2.45) is 10.6 Å². The number of rotatable bonds is 7. The van der Waals surface area contributed by atoms with Gasteiger partial charge < -0.3 is 4.74 Å². The third-order valence-corrected chi connectivity index (χ3v) is 4.18. The molecule has 0 spiro atoms. The zero-order valence-corrected chi connectivity index (χ0v) is 15.4. The van der Waals surface area contributed by atoms with E-state index in [1.165, 1.54) is 22.7 Å². The molecule has 0 aliphatic carbocycles. The van der Waals surface area contributed by atoms with Gasteiger partial charge in [-0.25, -0.2) is 13.4 Å². The molecule has 1 fully saturated rings. The second-order valence-corrected chi connectivity index (χ2v) is 8.54. The van der Waals surface area contributed by atoms with Gasteiger partial charge in [0.1, 0.15) is 0 Å². The number of carbonyl (C=O) groups excluding carboxylic acids is 1. The van der Waals surface area contributed by atoms with Crippen LogP contribution in [0.25, 0.3) is 0 Å². The molecule has 0 N–H and O–H groups in total. The number of ether oxygens (including phenoxy) is 1. The van der Waals surface area contributed by atoms with Gasteiger partial charge in [0.25, 0.3) is 10.1 Å². The molecule has 0 aromatic carbocycles. The van der Waals surface area contributed by atoms with Crippen LogP contribution in [-0.2, 0) is 23.9 Å². The van der Waals surface area contributed by atoms with Crippen molar-refractivity contribution < 1.29 is 27.0 Å².